The molecule has 2 aromatic carbocycles. The molecule has 1 amide bonds. The van der Waals surface area contributed by atoms with Gasteiger partial charge in [-0.1, -0.05) is 70.2 Å². The molecule has 0 atom stereocenters. The number of nitrogens with one attached hydrogen (secondary N) is 1. The predicted molar refractivity (Wildman–Crippen MR) is 111 cm³/mol. The lowest BCUT2D eigenvalue weighted by molar-refractivity contribution is -0.115. The van der Waals surface area contributed by atoms with Gasteiger partial charge in [0, 0.05) is 10.0 Å². The average molecular weight is 434 g/mol. The molecule has 25 heavy (non-hydrogen) atoms. The van der Waals surface area contributed by atoms with Crippen LogP contribution in [0.15, 0.2) is 57.9 Å². The first-order chi connectivity index (χ1) is 12.1. The van der Waals surface area contributed by atoms with Crippen molar-refractivity contribution in [2.75, 3.05) is 6.61 Å². The molecule has 1 aliphatic heterocycles. The minimum Gasteiger partial charge on any atom is -0.493 e. The summed E-state index contributed by atoms with van der Waals surface area (Å²) in [7, 11) is 0. The maximum atomic E-state index is 11.9. The summed E-state index contributed by atoms with van der Waals surface area (Å²) >= 11 is 9.77. The summed E-state index contributed by atoms with van der Waals surface area (Å²) in [5.74, 6) is 0.597. The van der Waals surface area contributed by atoms with E-state index >= 15 is 0 Å². The molecule has 0 saturated carbocycles. The summed E-state index contributed by atoms with van der Waals surface area (Å²) in [6.07, 6.45) is 3.71. The summed E-state index contributed by atoms with van der Waals surface area (Å²) in [4.78, 5) is 12.4. The van der Waals surface area contributed by atoms with Gasteiger partial charge in [-0.15, -0.1) is 0 Å². The summed E-state index contributed by atoms with van der Waals surface area (Å²) in [5, 5.41) is 2.63. The Kier molecular flexibility index (Phi) is 6.29. The van der Waals surface area contributed by atoms with Gasteiger partial charge in [-0.05, 0) is 42.7 Å². The van der Waals surface area contributed by atoms with Crippen molar-refractivity contribution < 1.29 is 9.53 Å². The molecule has 0 aliphatic carbocycles. The van der Waals surface area contributed by atoms with Gasteiger partial charge >= 0.3 is 0 Å². The van der Waals surface area contributed by atoms with Gasteiger partial charge in [-0.2, -0.15) is 0 Å². The molecule has 3 rings (SSSR count). The predicted octanol–water partition coefficient (Wildman–Crippen LogP) is 4.95. The largest absolute Gasteiger partial charge is 0.493 e. The zero-order valence-electron chi connectivity index (χ0n) is 13.3. The Balaban J connectivity index is 1.66. The van der Waals surface area contributed by atoms with Crippen LogP contribution in [0.4, 0.5) is 0 Å². The molecule has 1 heterocycles. The normalized spacial score (nSPS) is 15.5. The fourth-order valence-corrected chi connectivity index (χ4v) is 3.84. The van der Waals surface area contributed by atoms with Crippen LogP contribution in [-0.4, -0.2) is 16.8 Å². The number of amides is 1. The van der Waals surface area contributed by atoms with Crippen molar-refractivity contribution in [3.8, 4) is 5.75 Å². The Labute approximate surface area is 165 Å². The van der Waals surface area contributed by atoms with Gasteiger partial charge in [0.05, 0.1) is 11.5 Å². The third kappa shape index (κ3) is 5.17. The highest BCUT2D eigenvalue weighted by atomic mass is 79.9. The molecule has 0 aromatic heterocycles. The number of thioether (sulfide) groups is 1. The minimum absolute atomic E-state index is 0.162. The zero-order chi connectivity index (χ0) is 17.6. The second-order valence-corrected chi connectivity index (χ2v) is 8.11. The number of benzene rings is 2. The van der Waals surface area contributed by atoms with Crippen LogP contribution >= 0.6 is 39.9 Å². The van der Waals surface area contributed by atoms with Gasteiger partial charge in [0.15, 0.2) is 0 Å². The second-order valence-electron chi connectivity index (χ2n) is 5.47. The average Bonchev–Trinajstić information content (AvgIpc) is 2.91. The first kappa shape index (κ1) is 18.2. The van der Waals surface area contributed by atoms with E-state index in [4.69, 9.17) is 17.0 Å². The molecule has 6 heteroatoms. The second kappa shape index (κ2) is 8.65. The molecule has 2 aromatic rings. The van der Waals surface area contributed by atoms with E-state index in [1.54, 1.807) is 0 Å². The monoisotopic (exact) mass is 433 g/mol. The van der Waals surface area contributed by atoms with Gasteiger partial charge in [0.2, 0.25) is 0 Å². The van der Waals surface area contributed by atoms with E-state index < -0.39 is 0 Å². The maximum absolute atomic E-state index is 11.9. The Morgan fingerprint density at radius 3 is 2.72 bits per heavy atom. The molecular formula is C19H16BrNO2S2. The van der Waals surface area contributed by atoms with Crippen molar-refractivity contribution in [2.45, 2.75) is 12.8 Å². The van der Waals surface area contributed by atoms with E-state index in [0.717, 1.165) is 28.6 Å². The number of thiocarbonyl (C=S) groups is 1. The van der Waals surface area contributed by atoms with Gasteiger partial charge in [-0.3, -0.25) is 4.79 Å². The first-order valence-electron chi connectivity index (χ1n) is 7.83. The lowest BCUT2D eigenvalue weighted by Crippen LogP contribution is -2.17. The van der Waals surface area contributed by atoms with E-state index in [2.05, 4.69) is 33.4 Å². The van der Waals surface area contributed by atoms with Crippen LogP contribution in [0.25, 0.3) is 6.08 Å². The number of rotatable bonds is 6. The number of carbonyl (C=O) groups is 1. The van der Waals surface area contributed by atoms with Crippen molar-refractivity contribution in [2.24, 2.45) is 0 Å². The van der Waals surface area contributed by atoms with E-state index in [0.29, 0.717) is 15.8 Å². The fourth-order valence-electron chi connectivity index (χ4n) is 2.43. The third-order valence-corrected chi connectivity index (χ3v) is 5.27. The van der Waals surface area contributed by atoms with Gasteiger partial charge in [0.25, 0.3) is 5.91 Å². The van der Waals surface area contributed by atoms with Crippen LogP contribution < -0.4 is 10.1 Å². The van der Waals surface area contributed by atoms with Crippen molar-refractivity contribution >= 4 is 56.2 Å². The topological polar surface area (TPSA) is 38.3 Å². The van der Waals surface area contributed by atoms with Gasteiger partial charge in [0.1, 0.15) is 10.1 Å². The number of carbonyl (C=O) groups excluding carboxylic acids is 1. The molecule has 0 bridgehead atoms. The van der Waals surface area contributed by atoms with E-state index in [9.17, 15) is 4.79 Å². The molecule has 3 nitrogen and oxygen atoms in total. The molecule has 0 unspecified atom stereocenters. The van der Waals surface area contributed by atoms with Crippen LogP contribution in [0.1, 0.15) is 17.5 Å². The van der Waals surface area contributed by atoms with Crippen LogP contribution in [0.5, 0.6) is 5.75 Å². The van der Waals surface area contributed by atoms with Crippen molar-refractivity contribution in [1.29, 1.82) is 0 Å². The maximum Gasteiger partial charge on any atom is 0.263 e. The highest BCUT2D eigenvalue weighted by Gasteiger charge is 2.22. The minimum atomic E-state index is -0.162. The number of hydrogen-bond acceptors (Lipinski definition) is 4. The summed E-state index contributed by atoms with van der Waals surface area (Å²) in [5.41, 5.74) is 2.16. The van der Waals surface area contributed by atoms with Crippen molar-refractivity contribution in [3.63, 3.8) is 0 Å². The summed E-state index contributed by atoms with van der Waals surface area (Å²) in [6.45, 7) is 0.616. The Hall–Kier alpha value is -1.63. The lowest BCUT2D eigenvalue weighted by atomic mass is 10.1. The standard InChI is InChI=1S/C19H16BrNO2S2/c20-15-8-9-16(23-10-4-7-13-5-2-1-3-6-13)14(11-15)12-17-18(22)21-19(24)25-17/h1-3,5-6,8-9,11-12H,4,7,10H2,(H,21,22,24)/b17-12+. The first-order valence-corrected chi connectivity index (χ1v) is 9.85. The number of halogens is 1. The van der Waals surface area contributed by atoms with Gasteiger partial charge in [-0.25, -0.2) is 0 Å². The summed E-state index contributed by atoms with van der Waals surface area (Å²) in [6, 6.07) is 16.1. The van der Waals surface area contributed by atoms with Crippen molar-refractivity contribution in [3.05, 3.63) is 69.0 Å². The zero-order valence-corrected chi connectivity index (χ0v) is 16.5. The van der Waals surface area contributed by atoms with Crippen LogP contribution in [0.3, 0.4) is 0 Å². The van der Waals surface area contributed by atoms with Crippen LogP contribution in [0.2, 0.25) is 0 Å². The quantitative estimate of drug-likeness (QED) is 0.397. The molecule has 1 saturated heterocycles. The molecule has 0 spiro atoms. The molecular weight excluding hydrogens is 418 g/mol. The molecule has 1 N–H and O–H groups in total. The highest BCUT2D eigenvalue weighted by molar-refractivity contribution is 9.10. The molecule has 1 fully saturated rings. The van der Waals surface area contributed by atoms with Crippen LogP contribution in [0, 0.1) is 0 Å². The molecule has 1 aliphatic rings. The van der Waals surface area contributed by atoms with E-state index in [1.807, 2.05) is 42.5 Å². The fraction of sp³-hybridized carbons (Fsp3) is 0.158. The Morgan fingerprint density at radius 1 is 1.20 bits per heavy atom. The van der Waals surface area contributed by atoms with Crippen LogP contribution in [-0.2, 0) is 11.2 Å². The highest BCUT2D eigenvalue weighted by Crippen LogP contribution is 2.31. The van der Waals surface area contributed by atoms with Crippen molar-refractivity contribution in [1.82, 2.24) is 5.32 Å². The van der Waals surface area contributed by atoms with E-state index in [-0.39, 0.29) is 5.91 Å². The number of aryl methyl sites for hydroxylation is 1. The molecule has 128 valence electrons. The molecule has 0 radical (unpaired) electrons. The number of hydrogen-bond donors (Lipinski definition) is 1. The SMILES string of the molecule is O=C1NC(=S)S/C1=C/c1cc(Br)ccc1OCCCc1ccccc1. The lowest BCUT2D eigenvalue weighted by Gasteiger charge is -2.10. The Bertz CT molecular complexity index is 821. The van der Waals surface area contributed by atoms with Gasteiger partial charge < -0.3 is 10.1 Å². The Morgan fingerprint density at radius 2 is 2.00 bits per heavy atom. The summed E-state index contributed by atoms with van der Waals surface area (Å²) < 4.78 is 7.36. The number of ether oxygens (including phenoxy) is 1. The van der Waals surface area contributed by atoms with E-state index in [1.165, 1.54) is 17.3 Å². The third-order valence-electron chi connectivity index (χ3n) is 3.61. The smallest absolute Gasteiger partial charge is 0.263 e.